The number of nitrogens with one attached hydrogen (secondary N) is 2. The molecule has 0 atom stereocenters. The molecule has 0 amide bonds. The molecule has 0 aliphatic heterocycles. The van der Waals surface area contributed by atoms with E-state index in [-0.39, 0.29) is 5.97 Å². The van der Waals surface area contributed by atoms with Crippen LogP contribution < -0.4 is 10.1 Å². The van der Waals surface area contributed by atoms with Gasteiger partial charge in [-0.3, -0.25) is 0 Å². The number of carbonyl (C=O) groups excluding carboxylic acids is 1. The van der Waals surface area contributed by atoms with Crippen LogP contribution in [0.3, 0.4) is 0 Å². The molecule has 0 aliphatic rings. The first-order valence-corrected chi connectivity index (χ1v) is 6.75. The Kier molecular flexibility index (Phi) is 5.00. The fraction of sp³-hybridized carbons (Fsp3) is 0.312. The molecule has 0 saturated carbocycles. The number of aryl methyl sites for hydroxylation is 1. The molecule has 5 heteroatoms. The molecule has 1 heterocycles. The molecule has 1 aromatic carbocycles. The van der Waals surface area contributed by atoms with Gasteiger partial charge in [0, 0.05) is 24.3 Å². The third-order valence-corrected chi connectivity index (χ3v) is 3.28. The minimum atomic E-state index is -0.344. The third-order valence-electron chi connectivity index (χ3n) is 3.28. The maximum atomic E-state index is 11.5. The maximum absolute atomic E-state index is 11.5. The number of hydrogen-bond donors (Lipinski definition) is 2. The molecule has 21 heavy (non-hydrogen) atoms. The Hall–Kier alpha value is -2.27. The predicted octanol–water partition coefficient (Wildman–Crippen LogP) is 2.41. The highest BCUT2D eigenvalue weighted by Crippen LogP contribution is 2.17. The summed E-state index contributed by atoms with van der Waals surface area (Å²) < 4.78 is 10.0. The molecule has 0 spiro atoms. The van der Waals surface area contributed by atoms with Crippen LogP contribution in [-0.4, -0.2) is 25.2 Å². The fourth-order valence-electron chi connectivity index (χ4n) is 2.22. The Balaban J connectivity index is 1.96. The summed E-state index contributed by atoms with van der Waals surface area (Å²) in [5.74, 6) is 0.520. The van der Waals surface area contributed by atoms with Crippen LogP contribution >= 0.6 is 0 Å². The van der Waals surface area contributed by atoms with Gasteiger partial charge in [-0.1, -0.05) is 18.2 Å². The predicted molar refractivity (Wildman–Crippen MR) is 80.4 cm³/mol. The van der Waals surface area contributed by atoms with E-state index in [4.69, 9.17) is 9.47 Å². The van der Waals surface area contributed by atoms with E-state index in [1.54, 1.807) is 7.11 Å². The summed E-state index contributed by atoms with van der Waals surface area (Å²) in [4.78, 5) is 14.6. The minimum absolute atomic E-state index is 0.344. The van der Waals surface area contributed by atoms with Gasteiger partial charge in [0.1, 0.15) is 11.4 Å². The van der Waals surface area contributed by atoms with Gasteiger partial charge in [0.15, 0.2) is 0 Å². The van der Waals surface area contributed by atoms with E-state index in [2.05, 4.69) is 10.3 Å². The average molecular weight is 288 g/mol. The van der Waals surface area contributed by atoms with E-state index in [0.29, 0.717) is 18.8 Å². The Bertz CT molecular complexity index is 620. The number of esters is 1. The maximum Gasteiger partial charge on any atom is 0.354 e. The molecule has 0 fully saturated rings. The number of benzene rings is 1. The Morgan fingerprint density at radius 3 is 2.71 bits per heavy atom. The van der Waals surface area contributed by atoms with E-state index in [1.165, 1.54) is 7.11 Å². The molecule has 2 N–H and O–H groups in total. The number of methoxy groups -OCH3 is 2. The van der Waals surface area contributed by atoms with Gasteiger partial charge in [-0.05, 0) is 24.6 Å². The van der Waals surface area contributed by atoms with Crippen molar-refractivity contribution < 1.29 is 14.3 Å². The van der Waals surface area contributed by atoms with Gasteiger partial charge in [-0.25, -0.2) is 4.79 Å². The molecular formula is C16H20N2O3. The van der Waals surface area contributed by atoms with Gasteiger partial charge in [0.25, 0.3) is 0 Å². The quantitative estimate of drug-likeness (QED) is 0.801. The number of aromatic amines is 1. The fourth-order valence-corrected chi connectivity index (χ4v) is 2.22. The summed E-state index contributed by atoms with van der Waals surface area (Å²) >= 11 is 0. The second kappa shape index (κ2) is 6.95. The van der Waals surface area contributed by atoms with Gasteiger partial charge in [0.2, 0.25) is 0 Å². The van der Waals surface area contributed by atoms with Gasteiger partial charge in [-0.2, -0.15) is 0 Å². The van der Waals surface area contributed by atoms with Crippen molar-refractivity contribution >= 4 is 5.97 Å². The highest BCUT2D eigenvalue weighted by atomic mass is 16.5. The summed E-state index contributed by atoms with van der Waals surface area (Å²) in [5, 5.41) is 3.33. The van der Waals surface area contributed by atoms with E-state index < -0.39 is 0 Å². The van der Waals surface area contributed by atoms with Crippen LogP contribution in [0.4, 0.5) is 0 Å². The largest absolute Gasteiger partial charge is 0.496 e. The van der Waals surface area contributed by atoms with Gasteiger partial charge < -0.3 is 19.8 Å². The lowest BCUT2D eigenvalue weighted by Gasteiger charge is -2.08. The Labute approximate surface area is 124 Å². The van der Waals surface area contributed by atoms with Gasteiger partial charge in [0.05, 0.1) is 14.2 Å². The first-order valence-electron chi connectivity index (χ1n) is 6.75. The molecule has 0 radical (unpaired) electrons. The lowest BCUT2D eigenvalue weighted by Crippen LogP contribution is -2.14. The van der Waals surface area contributed by atoms with Crippen LogP contribution in [0, 0.1) is 6.92 Å². The highest BCUT2D eigenvalue weighted by Gasteiger charge is 2.12. The molecule has 112 valence electrons. The number of carbonyl (C=O) groups is 1. The lowest BCUT2D eigenvalue weighted by atomic mass is 10.2. The molecule has 0 unspecified atom stereocenters. The average Bonchev–Trinajstić information content (AvgIpc) is 2.88. The summed E-state index contributed by atoms with van der Waals surface area (Å²) in [7, 11) is 3.04. The van der Waals surface area contributed by atoms with Crippen LogP contribution in [-0.2, 0) is 17.8 Å². The second-order valence-corrected chi connectivity index (χ2v) is 4.76. The number of aromatic nitrogens is 1. The zero-order valence-electron chi connectivity index (χ0n) is 12.5. The standard InChI is InChI=1S/C16H20N2O3/c1-11-8-13(18-15(11)16(19)21-3)10-17-9-12-6-4-5-7-14(12)20-2/h4-8,17-18H,9-10H2,1-3H3. The zero-order chi connectivity index (χ0) is 15.2. The highest BCUT2D eigenvalue weighted by molar-refractivity contribution is 5.89. The van der Waals surface area contributed by atoms with Crippen molar-refractivity contribution in [2.45, 2.75) is 20.0 Å². The van der Waals surface area contributed by atoms with Crippen molar-refractivity contribution in [3.05, 3.63) is 52.8 Å². The first kappa shape index (κ1) is 15.1. The summed E-state index contributed by atoms with van der Waals surface area (Å²) in [6.07, 6.45) is 0. The molecule has 1 aromatic heterocycles. The summed E-state index contributed by atoms with van der Waals surface area (Å²) in [5.41, 5.74) is 3.43. The monoisotopic (exact) mass is 288 g/mol. The van der Waals surface area contributed by atoms with Crippen LogP contribution in [0.15, 0.2) is 30.3 Å². The second-order valence-electron chi connectivity index (χ2n) is 4.76. The smallest absolute Gasteiger partial charge is 0.354 e. The van der Waals surface area contributed by atoms with Crippen molar-refractivity contribution in [1.82, 2.24) is 10.3 Å². The van der Waals surface area contributed by atoms with Crippen molar-refractivity contribution in [3.8, 4) is 5.75 Å². The number of para-hydroxylation sites is 1. The molecule has 0 bridgehead atoms. The summed E-state index contributed by atoms with van der Waals surface area (Å²) in [6, 6.07) is 9.82. The van der Waals surface area contributed by atoms with Gasteiger partial charge in [-0.15, -0.1) is 0 Å². The zero-order valence-corrected chi connectivity index (χ0v) is 12.5. The van der Waals surface area contributed by atoms with Crippen molar-refractivity contribution in [3.63, 3.8) is 0 Å². The van der Waals surface area contributed by atoms with Crippen molar-refractivity contribution in [1.29, 1.82) is 0 Å². The van der Waals surface area contributed by atoms with E-state index in [9.17, 15) is 4.79 Å². The van der Waals surface area contributed by atoms with Crippen LogP contribution in [0.5, 0.6) is 5.75 Å². The molecule has 0 aliphatic carbocycles. The van der Waals surface area contributed by atoms with Crippen molar-refractivity contribution in [2.75, 3.05) is 14.2 Å². The molecular weight excluding hydrogens is 268 g/mol. The van der Waals surface area contributed by atoms with Crippen LogP contribution in [0.2, 0.25) is 0 Å². The molecule has 2 rings (SSSR count). The normalized spacial score (nSPS) is 10.4. The topological polar surface area (TPSA) is 63.4 Å². The first-order chi connectivity index (χ1) is 10.2. The lowest BCUT2D eigenvalue weighted by molar-refractivity contribution is 0.0594. The van der Waals surface area contributed by atoms with Crippen LogP contribution in [0.1, 0.15) is 27.3 Å². The number of H-pyrrole nitrogens is 1. The van der Waals surface area contributed by atoms with E-state index in [1.807, 2.05) is 37.3 Å². The SMILES string of the molecule is COC(=O)c1[nH]c(CNCc2ccccc2OC)cc1C. The molecule has 0 saturated heterocycles. The Morgan fingerprint density at radius 1 is 1.24 bits per heavy atom. The van der Waals surface area contributed by atoms with Gasteiger partial charge >= 0.3 is 5.97 Å². The number of hydrogen-bond acceptors (Lipinski definition) is 4. The molecule has 5 nitrogen and oxygen atoms in total. The van der Waals surface area contributed by atoms with E-state index >= 15 is 0 Å². The minimum Gasteiger partial charge on any atom is -0.496 e. The van der Waals surface area contributed by atoms with Crippen molar-refractivity contribution in [2.24, 2.45) is 0 Å². The number of ether oxygens (including phenoxy) is 2. The Morgan fingerprint density at radius 2 is 2.00 bits per heavy atom. The van der Waals surface area contributed by atoms with Crippen LogP contribution in [0.25, 0.3) is 0 Å². The molecule has 2 aromatic rings. The van der Waals surface area contributed by atoms with E-state index in [0.717, 1.165) is 22.6 Å². The summed E-state index contributed by atoms with van der Waals surface area (Å²) in [6.45, 7) is 3.21. The third kappa shape index (κ3) is 3.64. The number of rotatable bonds is 6.